The Balaban J connectivity index is 2.71. The number of rotatable bonds is 17. The van der Waals surface area contributed by atoms with Crippen molar-refractivity contribution in [2.45, 2.75) is 132 Å². The van der Waals surface area contributed by atoms with Crippen molar-refractivity contribution in [3.8, 4) is 0 Å². The van der Waals surface area contributed by atoms with E-state index in [-0.39, 0.29) is 34.5 Å². The minimum atomic E-state index is -0.603. The molecule has 2 unspecified atom stereocenters. The third kappa shape index (κ3) is 12.3. The summed E-state index contributed by atoms with van der Waals surface area (Å²) < 4.78 is 7.58. The van der Waals surface area contributed by atoms with Crippen molar-refractivity contribution in [3.63, 3.8) is 0 Å². The van der Waals surface area contributed by atoms with Crippen LogP contribution in [-0.4, -0.2) is 51.2 Å². The quantitative estimate of drug-likeness (QED) is 0.173. The number of nitrogens with one attached hydrogen (secondary N) is 2. The second-order valence-corrected chi connectivity index (χ2v) is 13.6. The SMILES string of the molecule is CCC(C)(Cn1cc(CNC(N)N)nn1)CC(C)(C)COC(=O)CCC(NC(C)(C)CC)C(=O)C(C)(C)C. The predicted molar refractivity (Wildman–Crippen MR) is 152 cm³/mol. The molecule has 0 saturated heterocycles. The van der Waals surface area contributed by atoms with E-state index >= 15 is 0 Å². The molecule has 1 aromatic rings. The van der Waals surface area contributed by atoms with Gasteiger partial charge >= 0.3 is 5.97 Å². The molecule has 2 atom stereocenters. The lowest BCUT2D eigenvalue weighted by atomic mass is 9.72. The molecule has 1 aromatic heterocycles. The molecule has 38 heavy (non-hydrogen) atoms. The zero-order valence-electron chi connectivity index (χ0n) is 25.6. The van der Waals surface area contributed by atoms with E-state index in [2.05, 4.69) is 69.4 Å². The van der Waals surface area contributed by atoms with E-state index < -0.39 is 17.7 Å². The largest absolute Gasteiger partial charge is 0.465 e. The van der Waals surface area contributed by atoms with E-state index in [1.807, 2.05) is 31.6 Å². The lowest BCUT2D eigenvalue weighted by Gasteiger charge is -2.36. The highest BCUT2D eigenvalue weighted by atomic mass is 16.5. The molecule has 0 radical (unpaired) electrons. The number of nitrogens with zero attached hydrogens (tertiary/aromatic N) is 3. The summed E-state index contributed by atoms with van der Waals surface area (Å²) in [6, 6.07) is -0.391. The Morgan fingerprint density at radius 1 is 1.05 bits per heavy atom. The number of aromatic nitrogens is 3. The van der Waals surface area contributed by atoms with Gasteiger partial charge in [0.25, 0.3) is 0 Å². The molecule has 0 spiro atoms. The van der Waals surface area contributed by atoms with E-state index in [1.165, 1.54) is 0 Å². The molecule has 0 aliphatic rings. The summed E-state index contributed by atoms with van der Waals surface area (Å²) in [5, 5.41) is 14.9. The van der Waals surface area contributed by atoms with Crippen LogP contribution >= 0.6 is 0 Å². The Morgan fingerprint density at radius 2 is 1.68 bits per heavy atom. The first-order valence-corrected chi connectivity index (χ1v) is 13.9. The van der Waals surface area contributed by atoms with E-state index in [0.717, 1.165) is 25.0 Å². The van der Waals surface area contributed by atoms with Gasteiger partial charge in [0.05, 0.1) is 18.3 Å². The normalized spacial score (nSPS) is 15.4. The average Bonchev–Trinajstić information content (AvgIpc) is 3.24. The van der Waals surface area contributed by atoms with Gasteiger partial charge in [0.15, 0.2) is 5.78 Å². The number of nitrogens with two attached hydrogens (primary N) is 2. The summed E-state index contributed by atoms with van der Waals surface area (Å²) in [5.74, 6) is -0.158. The molecule has 6 N–H and O–H groups in total. The molecule has 0 bridgehead atoms. The molecule has 10 nitrogen and oxygen atoms in total. The second kappa shape index (κ2) is 14.0. The van der Waals surface area contributed by atoms with Crippen molar-refractivity contribution in [2.75, 3.05) is 6.61 Å². The number of esters is 1. The molecule has 220 valence electrons. The monoisotopic (exact) mass is 537 g/mol. The molecular formula is C28H55N7O3. The first-order chi connectivity index (χ1) is 17.3. The van der Waals surface area contributed by atoms with Gasteiger partial charge in [-0.15, -0.1) is 5.10 Å². The number of ether oxygens (including phenoxy) is 1. The molecule has 0 fully saturated rings. The third-order valence-electron chi connectivity index (χ3n) is 7.17. The van der Waals surface area contributed by atoms with Gasteiger partial charge in [0, 0.05) is 36.7 Å². The zero-order chi connectivity index (χ0) is 29.4. The molecule has 0 amide bonds. The first-order valence-electron chi connectivity index (χ1n) is 13.9. The highest BCUT2D eigenvalue weighted by molar-refractivity contribution is 5.89. The van der Waals surface area contributed by atoms with Gasteiger partial charge in [0.1, 0.15) is 6.29 Å². The maximum atomic E-state index is 13.1. The smallest absolute Gasteiger partial charge is 0.305 e. The number of hydrogen-bond donors (Lipinski definition) is 4. The number of carbonyl (C=O) groups excluding carboxylic acids is 2. The highest BCUT2D eigenvalue weighted by Crippen LogP contribution is 2.38. The Bertz CT molecular complexity index is 889. The molecule has 10 heteroatoms. The molecule has 0 saturated carbocycles. The van der Waals surface area contributed by atoms with Crippen LogP contribution in [0.3, 0.4) is 0 Å². The number of hydrogen-bond acceptors (Lipinski definition) is 9. The molecule has 0 aliphatic heterocycles. The van der Waals surface area contributed by atoms with Crippen molar-refractivity contribution < 1.29 is 14.3 Å². The summed E-state index contributed by atoms with van der Waals surface area (Å²) in [6.07, 6.45) is 4.56. The van der Waals surface area contributed by atoms with Gasteiger partial charge in [-0.05, 0) is 50.4 Å². The van der Waals surface area contributed by atoms with E-state index in [1.54, 1.807) is 0 Å². The van der Waals surface area contributed by atoms with Gasteiger partial charge in [0.2, 0.25) is 0 Å². The summed E-state index contributed by atoms with van der Waals surface area (Å²) >= 11 is 0. The van der Waals surface area contributed by atoms with Crippen LogP contribution in [0.4, 0.5) is 0 Å². The van der Waals surface area contributed by atoms with Crippen molar-refractivity contribution in [3.05, 3.63) is 11.9 Å². The lowest BCUT2D eigenvalue weighted by Crippen LogP contribution is -2.52. The van der Waals surface area contributed by atoms with Crippen molar-refractivity contribution in [1.29, 1.82) is 0 Å². The van der Waals surface area contributed by atoms with Crippen molar-refractivity contribution >= 4 is 11.8 Å². The van der Waals surface area contributed by atoms with E-state index in [0.29, 0.717) is 26.1 Å². The molecule has 1 rings (SSSR count). The van der Waals surface area contributed by atoms with Gasteiger partial charge in [-0.1, -0.05) is 60.6 Å². The minimum Gasteiger partial charge on any atom is -0.465 e. The van der Waals surface area contributed by atoms with Gasteiger partial charge in [-0.3, -0.25) is 19.6 Å². The van der Waals surface area contributed by atoms with Crippen LogP contribution in [-0.2, 0) is 27.4 Å². The van der Waals surface area contributed by atoms with Crippen LogP contribution in [0.1, 0.15) is 107 Å². The van der Waals surface area contributed by atoms with Crippen molar-refractivity contribution in [1.82, 2.24) is 25.6 Å². The number of Topliss-reactive ketones (excluding diaryl/α,β-unsaturated/α-hetero) is 1. The Morgan fingerprint density at radius 3 is 2.21 bits per heavy atom. The van der Waals surface area contributed by atoms with Gasteiger partial charge in [-0.25, -0.2) is 0 Å². The minimum absolute atomic E-state index is 0.0710. The summed E-state index contributed by atoms with van der Waals surface area (Å²) in [4.78, 5) is 25.8. The van der Waals surface area contributed by atoms with Crippen LogP contribution < -0.4 is 22.1 Å². The fourth-order valence-electron chi connectivity index (χ4n) is 4.58. The summed E-state index contributed by atoms with van der Waals surface area (Å²) in [5.41, 5.74) is 10.9. The fraction of sp³-hybridized carbons (Fsp3) is 0.857. The lowest BCUT2D eigenvalue weighted by molar-refractivity contribution is -0.148. The molecule has 0 aliphatic carbocycles. The number of ketones is 1. The fourth-order valence-corrected chi connectivity index (χ4v) is 4.58. The number of carbonyl (C=O) groups is 2. The second-order valence-electron chi connectivity index (χ2n) is 13.6. The Hall–Kier alpha value is -1.88. The molecular weight excluding hydrogens is 482 g/mol. The van der Waals surface area contributed by atoms with Crippen LogP contribution in [0.15, 0.2) is 6.20 Å². The van der Waals surface area contributed by atoms with Crippen LogP contribution in [0.5, 0.6) is 0 Å². The summed E-state index contributed by atoms with van der Waals surface area (Å²) in [7, 11) is 0. The first kappa shape index (κ1) is 34.1. The Kier molecular flexibility index (Phi) is 12.5. The molecule has 0 aromatic carbocycles. The van der Waals surface area contributed by atoms with E-state index in [4.69, 9.17) is 16.2 Å². The van der Waals surface area contributed by atoms with Gasteiger partial charge < -0.3 is 21.5 Å². The molecule has 1 heterocycles. The average molecular weight is 538 g/mol. The maximum absolute atomic E-state index is 13.1. The van der Waals surface area contributed by atoms with Crippen LogP contribution in [0.25, 0.3) is 0 Å². The summed E-state index contributed by atoms with van der Waals surface area (Å²) in [6.45, 7) is 22.1. The highest BCUT2D eigenvalue weighted by Gasteiger charge is 2.35. The van der Waals surface area contributed by atoms with E-state index in [9.17, 15) is 9.59 Å². The van der Waals surface area contributed by atoms with Crippen LogP contribution in [0.2, 0.25) is 0 Å². The van der Waals surface area contributed by atoms with Crippen LogP contribution in [0, 0.1) is 16.2 Å². The third-order valence-corrected chi connectivity index (χ3v) is 7.17. The zero-order valence-corrected chi connectivity index (χ0v) is 25.6. The predicted octanol–water partition coefficient (Wildman–Crippen LogP) is 3.49. The Labute approximate surface area is 230 Å². The van der Waals surface area contributed by atoms with Crippen molar-refractivity contribution in [2.24, 2.45) is 27.7 Å². The maximum Gasteiger partial charge on any atom is 0.305 e. The van der Waals surface area contributed by atoms with Gasteiger partial charge in [-0.2, -0.15) is 0 Å². The topological polar surface area (TPSA) is 150 Å². The standard InChI is InChI=1S/C28H55N7O3/c1-11-27(8,9)32-21(23(37)25(3,4)5)13-14-22(36)38-19-26(6,7)17-28(10,12-2)18-35-16-20(33-34-35)15-31-24(29)30/h16,21,24,31-32H,11-15,17-19,29-30H2,1-10H3.